The highest BCUT2D eigenvalue weighted by Gasteiger charge is 2.13. The molecule has 0 spiro atoms. The van der Waals surface area contributed by atoms with Crippen LogP contribution in [0.5, 0.6) is 5.75 Å². The summed E-state index contributed by atoms with van der Waals surface area (Å²) >= 11 is 0. The molecular formula is C9H12BFO3. The van der Waals surface area contributed by atoms with Crippen molar-refractivity contribution in [2.45, 2.75) is 19.8 Å². The molecule has 3 nitrogen and oxygen atoms in total. The lowest BCUT2D eigenvalue weighted by atomic mass is 10.0. The maximum atomic E-state index is 13.3. The van der Waals surface area contributed by atoms with Crippen molar-refractivity contribution in [2.75, 3.05) is 0 Å². The summed E-state index contributed by atoms with van der Waals surface area (Å²) in [4.78, 5) is 0. The summed E-state index contributed by atoms with van der Waals surface area (Å²) in [6.45, 7) is 3.75. The molecule has 0 fully saturated rings. The molecule has 5 heteroatoms. The zero-order valence-corrected chi connectivity index (χ0v) is 8.07. The Morgan fingerprint density at radius 3 is 2.43 bits per heavy atom. The number of rotatable bonds is 3. The summed E-state index contributed by atoms with van der Waals surface area (Å²) in [6.07, 6.45) is 0. The van der Waals surface area contributed by atoms with Gasteiger partial charge in [0.1, 0.15) is 11.6 Å². The molecule has 2 N–H and O–H groups in total. The fourth-order valence-corrected chi connectivity index (χ4v) is 1.17. The largest absolute Gasteiger partial charge is 0.707 e. The molecule has 0 aliphatic heterocycles. The van der Waals surface area contributed by atoms with E-state index in [1.54, 1.807) is 6.07 Å². The molecule has 0 aliphatic carbocycles. The third-order valence-electron chi connectivity index (χ3n) is 1.84. The molecule has 0 aromatic heterocycles. The zero-order chi connectivity index (χ0) is 10.7. The van der Waals surface area contributed by atoms with E-state index in [2.05, 4.69) is 4.65 Å². The van der Waals surface area contributed by atoms with E-state index in [-0.39, 0.29) is 11.7 Å². The molecule has 1 rings (SSSR count). The summed E-state index contributed by atoms with van der Waals surface area (Å²) < 4.78 is 17.8. The molecule has 0 unspecified atom stereocenters. The molecule has 0 saturated carbocycles. The van der Waals surface area contributed by atoms with Gasteiger partial charge in [-0.1, -0.05) is 19.9 Å². The predicted octanol–water partition coefficient (Wildman–Crippen LogP) is 1.30. The summed E-state index contributed by atoms with van der Waals surface area (Å²) in [5, 5.41) is 17.0. The Kier molecular flexibility index (Phi) is 3.49. The van der Waals surface area contributed by atoms with E-state index in [1.807, 2.05) is 13.8 Å². The van der Waals surface area contributed by atoms with Crippen molar-refractivity contribution in [3.8, 4) is 5.75 Å². The Morgan fingerprint density at radius 1 is 1.36 bits per heavy atom. The summed E-state index contributed by atoms with van der Waals surface area (Å²) in [5.41, 5.74) is 0.574. The van der Waals surface area contributed by atoms with E-state index in [0.29, 0.717) is 5.56 Å². The normalized spacial score (nSPS) is 10.4. The maximum Gasteiger partial charge on any atom is 0.707 e. The van der Waals surface area contributed by atoms with Crippen LogP contribution in [0.3, 0.4) is 0 Å². The highest BCUT2D eigenvalue weighted by Crippen LogP contribution is 2.22. The Balaban J connectivity index is 2.89. The molecule has 0 atom stereocenters. The van der Waals surface area contributed by atoms with Crippen LogP contribution in [0.1, 0.15) is 25.3 Å². The maximum absolute atomic E-state index is 13.3. The number of benzene rings is 1. The molecule has 76 valence electrons. The summed E-state index contributed by atoms with van der Waals surface area (Å²) in [7, 11) is -1.92. The lowest BCUT2D eigenvalue weighted by Gasteiger charge is -2.09. The monoisotopic (exact) mass is 198 g/mol. The summed E-state index contributed by atoms with van der Waals surface area (Å²) in [6, 6.07) is 4.20. The first kappa shape index (κ1) is 11.0. The van der Waals surface area contributed by atoms with Crippen LogP contribution in [0.25, 0.3) is 0 Å². The molecule has 1 aromatic carbocycles. The van der Waals surface area contributed by atoms with Crippen molar-refractivity contribution in [3.05, 3.63) is 29.6 Å². The minimum atomic E-state index is -1.92. The Hall–Kier alpha value is -1.07. The Morgan fingerprint density at radius 2 is 2.00 bits per heavy atom. The number of halogens is 1. The van der Waals surface area contributed by atoms with Crippen LogP contribution in [-0.2, 0) is 0 Å². The topological polar surface area (TPSA) is 49.7 Å². The van der Waals surface area contributed by atoms with Gasteiger partial charge in [0, 0.05) is 6.07 Å². The summed E-state index contributed by atoms with van der Waals surface area (Å²) in [5.74, 6) is -0.219. The van der Waals surface area contributed by atoms with Crippen molar-refractivity contribution in [3.63, 3.8) is 0 Å². The van der Waals surface area contributed by atoms with Crippen LogP contribution in [-0.4, -0.2) is 17.4 Å². The van der Waals surface area contributed by atoms with Gasteiger partial charge in [-0.25, -0.2) is 4.39 Å². The second kappa shape index (κ2) is 4.44. The quantitative estimate of drug-likeness (QED) is 0.719. The van der Waals surface area contributed by atoms with E-state index in [0.717, 1.165) is 6.07 Å². The van der Waals surface area contributed by atoms with E-state index in [4.69, 9.17) is 10.0 Å². The molecule has 0 radical (unpaired) electrons. The SMILES string of the molecule is CC(C)c1ccc(OB(O)O)cc1F. The first-order valence-electron chi connectivity index (χ1n) is 4.33. The average Bonchev–Trinajstić information content (AvgIpc) is 2.01. The van der Waals surface area contributed by atoms with Crippen LogP contribution in [0, 0.1) is 5.82 Å². The van der Waals surface area contributed by atoms with E-state index in [9.17, 15) is 4.39 Å². The first-order valence-corrected chi connectivity index (χ1v) is 4.33. The smallest absolute Gasteiger partial charge is 0.512 e. The molecule has 0 amide bonds. The van der Waals surface area contributed by atoms with Gasteiger partial charge in [0.05, 0.1) is 0 Å². The fourth-order valence-electron chi connectivity index (χ4n) is 1.17. The molecule has 1 aromatic rings. The van der Waals surface area contributed by atoms with Gasteiger partial charge in [-0.2, -0.15) is 0 Å². The van der Waals surface area contributed by atoms with Gasteiger partial charge < -0.3 is 14.7 Å². The second-order valence-electron chi connectivity index (χ2n) is 3.28. The highest BCUT2D eigenvalue weighted by molar-refractivity contribution is 6.33. The minimum Gasteiger partial charge on any atom is -0.512 e. The Labute approximate surface area is 82.3 Å². The van der Waals surface area contributed by atoms with Crippen LogP contribution >= 0.6 is 0 Å². The van der Waals surface area contributed by atoms with Gasteiger partial charge in [-0.05, 0) is 17.5 Å². The van der Waals surface area contributed by atoms with Gasteiger partial charge in [0.15, 0.2) is 0 Å². The standard InChI is InChI=1S/C9H12BFO3/c1-6(2)8-4-3-7(5-9(8)11)14-10(12)13/h3-6,12-13H,1-2H3. The van der Waals surface area contributed by atoms with Crippen molar-refractivity contribution in [2.24, 2.45) is 0 Å². The van der Waals surface area contributed by atoms with Crippen LogP contribution in [0.4, 0.5) is 4.39 Å². The first-order chi connectivity index (χ1) is 6.50. The van der Waals surface area contributed by atoms with Crippen molar-refractivity contribution in [1.82, 2.24) is 0 Å². The van der Waals surface area contributed by atoms with Gasteiger partial charge in [-0.3, -0.25) is 0 Å². The zero-order valence-electron chi connectivity index (χ0n) is 8.07. The van der Waals surface area contributed by atoms with E-state index >= 15 is 0 Å². The Bertz CT molecular complexity index is 315. The van der Waals surface area contributed by atoms with E-state index < -0.39 is 13.1 Å². The molecule has 0 heterocycles. The van der Waals surface area contributed by atoms with Crippen molar-refractivity contribution < 1.29 is 19.1 Å². The van der Waals surface area contributed by atoms with Gasteiger partial charge >= 0.3 is 7.32 Å². The van der Waals surface area contributed by atoms with Crippen molar-refractivity contribution in [1.29, 1.82) is 0 Å². The molecule has 0 bridgehead atoms. The lowest BCUT2D eigenvalue weighted by Crippen LogP contribution is -2.20. The lowest BCUT2D eigenvalue weighted by molar-refractivity contribution is 0.287. The molecule has 0 aliphatic rings. The molecule has 0 saturated heterocycles. The third-order valence-corrected chi connectivity index (χ3v) is 1.84. The van der Waals surface area contributed by atoms with Crippen LogP contribution in [0.15, 0.2) is 18.2 Å². The molecule has 14 heavy (non-hydrogen) atoms. The predicted molar refractivity (Wildman–Crippen MR) is 51.3 cm³/mol. The molecular weight excluding hydrogens is 186 g/mol. The second-order valence-corrected chi connectivity index (χ2v) is 3.28. The number of hydrogen-bond acceptors (Lipinski definition) is 3. The average molecular weight is 198 g/mol. The van der Waals surface area contributed by atoms with E-state index in [1.165, 1.54) is 6.07 Å². The van der Waals surface area contributed by atoms with Gasteiger partial charge in [-0.15, -0.1) is 0 Å². The number of hydrogen-bond donors (Lipinski definition) is 2. The minimum absolute atomic E-state index is 0.0862. The van der Waals surface area contributed by atoms with Crippen LogP contribution < -0.4 is 4.65 Å². The van der Waals surface area contributed by atoms with Gasteiger partial charge in [0.25, 0.3) is 0 Å². The fraction of sp³-hybridized carbons (Fsp3) is 0.333. The van der Waals surface area contributed by atoms with Crippen LogP contribution in [0.2, 0.25) is 0 Å². The third kappa shape index (κ3) is 2.72. The van der Waals surface area contributed by atoms with Gasteiger partial charge in [0.2, 0.25) is 0 Å². The highest BCUT2D eigenvalue weighted by atomic mass is 19.1. The van der Waals surface area contributed by atoms with Crippen molar-refractivity contribution >= 4 is 7.32 Å².